The van der Waals surface area contributed by atoms with Crippen molar-refractivity contribution >= 4 is 17.7 Å². The lowest BCUT2D eigenvalue weighted by Gasteiger charge is -2.49. The van der Waals surface area contributed by atoms with Crippen molar-refractivity contribution in [2.24, 2.45) is 5.41 Å². The van der Waals surface area contributed by atoms with Crippen molar-refractivity contribution in [3.8, 4) is 5.75 Å². The van der Waals surface area contributed by atoms with E-state index in [-0.39, 0.29) is 24.3 Å². The van der Waals surface area contributed by atoms with Crippen molar-refractivity contribution in [3.63, 3.8) is 0 Å². The Morgan fingerprint density at radius 3 is 2.37 bits per heavy atom. The van der Waals surface area contributed by atoms with E-state index in [4.69, 9.17) is 4.74 Å². The van der Waals surface area contributed by atoms with E-state index in [1.165, 1.54) is 0 Å². The predicted molar refractivity (Wildman–Crippen MR) is 111 cm³/mol. The van der Waals surface area contributed by atoms with Crippen molar-refractivity contribution in [3.05, 3.63) is 66.2 Å². The highest BCUT2D eigenvalue weighted by Crippen LogP contribution is 2.35. The fraction of sp³-hybridized carbons (Fsp3) is 0.348. The molecular weight excluding hydrogens is 382 g/mol. The maximum Gasteiger partial charge on any atom is 0.260 e. The second-order valence-electron chi connectivity index (χ2n) is 7.90. The molecule has 3 amide bonds. The normalized spacial score (nSPS) is 19.5. The van der Waals surface area contributed by atoms with E-state index >= 15 is 0 Å². The van der Waals surface area contributed by atoms with Crippen LogP contribution in [-0.4, -0.2) is 54.9 Å². The molecule has 2 aromatic carbocycles. The Bertz CT molecular complexity index is 911. The zero-order chi connectivity index (χ0) is 21.0. The van der Waals surface area contributed by atoms with Crippen molar-refractivity contribution in [1.82, 2.24) is 15.5 Å². The highest BCUT2D eigenvalue weighted by atomic mass is 16.5. The Balaban J connectivity index is 1.41. The molecular formula is C23H25N3O4. The van der Waals surface area contributed by atoms with E-state index in [1.54, 1.807) is 17.0 Å². The molecule has 2 aliphatic rings. The molecule has 4 rings (SSSR count). The number of para-hydroxylation sites is 1. The van der Waals surface area contributed by atoms with Gasteiger partial charge in [-0.1, -0.05) is 48.5 Å². The van der Waals surface area contributed by atoms with Crippen molar-refractivity contribution in [2.75, 3.05) is 26.2 Å². The lowest BCUT2D eigenvalue weighted by atomic mass is 9.73. The second-order valence-corrected chi connectivity index (χ2v) is 7.90. The van der Waals surface area contributed by atoms with Gasteiger partial charge < -0.3 is 20.3 Å². The van der Waals surface area contributed by atoms with E-state index < -0.39 is 11.5 Å². The van der Waals surface area contributed by atoms with Gasteiger partial charge in [0.2, 0.25) is 11.8 Å². The molecule has 0 spiro atoms. The smallest absolute Gasteiger partial charge is 0.260 e. The standard InChI is InChI=1S/C23H25N3O4/c27-20(14-30-18-9-5-2-6-10-18)26-15-23(16-26,13-17-7-3-1-4-8-17)22(29)25-19-11-12-24-21(19)28/h1-10,19H,11-16H2,(H,24,28)(H,25,29). The van der Waals surface area contributed by atoms with E-state index in [9.17, 15) is 14.4 Å². The van der Waals surface area contributed by atoms with Crippen LogP contribution < -0.4 is 15.4 Å². The van der Waals surface area contributed by atoms with Gasteiger partial charge in [0.1, 0.15) is 11.8 Å². The van der Waals surface area contributed by atoms with Gasteiger partial charge in [0.25, 0.3) is 5.91 Å². The average Bonchev–Trinajstić information content (AvgIpc) is 3.14. The zero-order valence-corrected chi connectivity index (χ0v) is 16.7. The van der Waals surface area contributed by atoms with Gasteiger partial charge in [-0.2, -0.15) is 0 Å². The van der Waals surface area contributed by atoms with Gasteiger partial charge in [0.05, 0.1) is 5.41 Å². The minimum absolute atomic E-state index is 0.0713. The molecule has 2 fully saturated rings. The molecule has 2 saturated heterocycles. The molecule has 0 saturated carbocycles. The number of rotatable bonds is 7. The minimum Gasteiger partial charge on any atom is -0.484 e. The quantitative estimate of drug-likeness (QED) is 0.721. The van der Waals surface area contributed by atoms with Crippen molar-refractivity contribution in [2.45, 2.75) is 18.9 Å². The number of carbonyl (C=O) groups excluding carboxylic acids is 3. The maximum atomic E-state index is 13.1. The fourth-order valence-electron chi connectivity index (χ4n) is 3.98. The van der Waals surface area contributed by atoms with Gasteiger partial charge in [0, 0.05) is 19.6 Å². The van der Waals surface area contributed by atoms with Gasteiger partial charge in [-0.15, -0.1) is 0 Å². The zero-order valence-electron chi connectivity index (χ0n) is 16.7. The van der Waals surface area contributed by atoms with Crippen LogP contribution in [0.25, 0.3) is 0 Å². The molecule has 1 unspecified atom stereocenters. The first-order valence-electron chi connectivity index (χ1n) is 10.1. The molecule has 2 heterocycles. The van der Waals surface area contributed by atoms with Crippen LogP contribution in [0.15, 0.2) is 60.7 Å². The summed E-state index contributed by atoms with van der Waals surface area (Å²) in [6.07, 6.45) is 1.09. The van der Waals surface area contributed by atoms with Gasteiger partial charge in [0.15, 0.2) is 6.61 Å². The summed E-state index contributed by atoms with van der Waals surface area (Å²) < 4.78 is 5.55. The van der Waals surface area contributed by atoms with Crippen molar-refractivity contribution < 1.29 is 19.1 Å². The van der Waals surface area contributed by atoms with Gasteiger partial charge in [-0.05, 0) is 30.5 Å². The van der Waals surface area contributed by atoms with Crippen LogP contribution in [0.1, 0.15) is 12.0 Å². The van der Waals surface area contributed by atoms with Crippen LogP contribution in [0, 0.1) is 5.41 Å². The summed E-state index contributed by atoms with van der Waals surface area (Å²) in [5, 5.41) is 5.63. The second kappa shape index (κ2) is 8.57. The molecule has 0 aliphatic carbocycles. The van der Waals surface area contributed by atoms with Crippen LogP contribution in [0.5, 0.6) is 5.75 Å². The third kappa shape index (κ3) is 4.30. The molecule has 0 bridgehead atoms. The highest BCUT2D eigenvalue weighted by Gasteiger charge is 2.51. The van der Waals surface area contributed by atoms with Gasteiger partial charge in [-0.3, -0.25) is 14.4 Å². The summed E-state index contributed by atoms with van der Waals surface area (Å²) in [4.78, 5) is 39.2. The monoisotopic (exact) mass is 407 g/mol. The van der Waals surface area contributed by atoms with Gasteiger partial charge in [-0.25, -0.2) is 0 Å². The minimum atomic E-state index is -0.743. The lowest BCUT2D eigenvalue weighted by Crippen LogP contribution is -2.67. The first-order valence-corrected chi connectivity index (χ1v) is 10.1. The number of ether oxygens (including phenoxy) is 1. The summed E-state index contributed by atoms with van der Waals surface area (Å²) in [6, 6.07) is 18.4. The molecule has 156 valence electrons. The number of amides is 3. The first-order chi connectivity index (χ1) is 14.6. The number of likely N-dealkylation sites (tertiary alicyclic amines) is 1. The van der Waals surface area contributed by atoms with Crippen LogP contribution in [0.2, 0.25) is 0 Å². The Labute approximate surface area is 175 Å². The molecule has 30 heavy (non-hydrogen) atoms. The molecule has 0 radical (unpaired) electrons. The summed E-state index contributed by atoms with van der Waals surface area (Å²) in [5.74, 6) is 0.143. The average molecular weight is 407 g/mol. The molecule has 7 nitrogen and oxygen atoms in total. The van der Waals surface area contributed by atoms with E-state index in [0.717, 1.165) is 5.56 Å². The topological polar surface area (TPSA) is 87.7 Å². The Morgan fingerprint density at radius 2 is 1.73 bits per heavy atom. The Hall–Kier alpha value is -3.35. The first kappa shape index (κ1) is 19.9. The summed E-state index contributed by atoms with van der Waals surface area (Å²) in [6.45, 7) is 1.10. The van der Waals surface area contributed by atoms with Gasteiger partial charge >= 0.3 is 0 Å². The number of hydrogen-bond acceptors (Lipinski definition) is 4. The molecule has 7 heteroatoms. The van der Waals surface area contributed by atoms with Crippen molar-refractivity contribution in [1.29, 1.82) is 0 Å². The van der Waals surface area contributed by atoms with E-state index in [2.05, 4.69) is 10.6 Å². The highest BCUT2D eigenvalue weighted by molar-refractivity contribution is 5.93. The number of nitrogens with one attached hydrogen (secondary N) is 2. The Kier molecular flexibility index (Phi) is 5.70. The summed E-state index contributed by atoms with van der Waals surface area (Å²) >= 11 is 0. The third-order valence-electron chi connectivity index (χ3n) is 5.67. The van der Waals surface area contributed by atoms with Crippen LogP contribution in [0.3, 0.4) is 0 Å². The fourth-order valence-corrected chi connectivity index (χ4v) is 3.98. The third-order valence-corrected chi connectivity index (χ3v) is 5.67. The largest absolute Gasteiger partial charge is 0.484 e. The summed E-state index contributed by atoms with van der Waals surface area (Å²) in [5.41, 5.74) is 0.281. The number of carbonyl (C=O) groups is 3. The molecule has 1 atom stereocenters. The maximum absolute atomic E-state index is 13.1. The number of benzene rings is 2. The molecule has 2 aromatic rings. The summed E-state index contributed by atoms with van der Waals surface area (Å²) in [7, 11) is 0. The SMILES string of the molecule is O=C1NCCC1NC(=O)C1(Cc2ccccc2)CN(C(=O)COc2ccccc2)C1. The van der Waals surface area contributed by atoms with Crippen LogP contribution in [-0.2, 0) is 20.8 Å². The molecule has 0 aromatic heterocycles. The van der Waals surface area contributed by atoms with Crippen LogP contribution in [0.4, 0.5) is 0 Å². The number of nitrogens with zero attached hydrogens (tertiary/aromatic N) is 1. The van der Waals surface area contributed by atoms with E-state index in [0.29, 0.717) is 38.2 Å². The van der Waals surface area contributed by atoms with Crippen LogP contribution >= 0.6 is 0 Å². The predicted octanol–water partition coefficient (Wildman–Crippen LogP) is 1.14. The van der Waals surface area contributed by atoms with E-state index in [1.807, 2.05) is 48.5 Å². The Morgan fingerprint density at radius 1 is 1.07 bits per heavy atom. The molecule has 2 aliphatic heterocycles. The lowest BCUT2D eigenvalue weighted by molar-refractivity contribution is -0.155. The number of hydrogen-bond donors (Lipinski definition) is 2. The molecule has 2 N–H and O–H groups in total.